The molecule has 2 aromatic rings. The maximum Gasteiger partial charge on any atom is 0.161 e. The van der Waals surface area contributed by atoms with Gasteiger partial charge in [-0.05, 0) is 45.5 Å². The molecule has 4 rings (SSSR count). The van der Waals surface area contributed by atoms with Crippen LogP contribution in [0.1, 0.15) is 17.7 Å². The van der Waals surface area contributed by atoms with Gasteiger partial charge < -0.3 is 14.5 Å². The van der Waals surface area contributed by atoms with Gasteiger partial charge in [-0.2, -0.15) is 0 Å². The van der Waals surface area contributed by atoms with E-state index in [9.17, 15) is 0 Å². The number of nitrogens with zero attached hydrogens (tertiary/aromatic N) is 5. The summed E-state index contributed by atoms with van der Waals surface area (Å²) in [6.45, 7) is 3.46. The van der Waals surface area contributed by atoms with Crippen LogP contribution < -0.4 is 4.90 Å². The van der Waals surface area contributed by atoms with Crippen molar-refractivity contribution in [2.45, 2.75) is 25.4 Å². The van der Waals surface area contributed by atoms with Crippen LogP contribution in [-0.2, 0) is 17.6 Å². The van der Waals surface area contributed by atoms with Crippen molar-refractivity contribution in [3.8, 4) is 11.4 Å². The first kappa shape index (κ1) is 16.4. The Labute approximate surface area is 148 Å². The zero-order valence-electron chi connectivity index (χ0n) is 15.0. The Hall–Kier alpha value is -2.05. The van der Waals surface area contributed by atoms with Crippen LogP contribution in [0.2, 0.25) is 0 Å². The molecule has 1 aliphatic heterocycles. The SMILES string of the molecule is CN(C)C[C@@H]1CN(c2nc(-c3ccncc3)nc3c2CCC3)CCO1. The third kappa shape index (κ3) is 3.50. The standard InChI is InChI=1S/C19H25N5O/c1-23(2)12-15-13-24(10-11-25-15)19-16-4-3-5-17(16)21-18(22-19)14-6-8-20-9-7-14/h6-9,15H,3-5,10-13H2,1-2H3/t15-/m1/s1. The Kier molecular flexibility index (Phi) is 4.63. The predicted molar refractivity (Wildman–Crippen MR) is 97.8 cm³/mol. The number of fused-ring (bicyclic) bond motifs is 1. The third-order valence-corrected chi connectivity index (χ3v) is 4.86. The predicted octanol–water partition coefficient (Wildman–Crippen LogP) is 1.79. The molecule has 2 aliphatic rings. The second kappa shape index (κ2) is 7.06. The molecule has 0 aromatic carbocycles. The van der Waals surface area contributed by atoms with Crippen LogP contribution in [0.15, 0.2) is 24.5 Å². The first-order valence-electron chi connectivity index (χ1n) is 9.02. The summed E-state index contributed by atoms with van der Waals surface area (Å²) >= 11 is 0. The number of rotatable bonds is 4. The van der Waals surface area contributed by atoms with Crippen LogP contribution in [0.25, 0.3) is 11.4 Å². The molecular weight excluding hydrogens is 314 g/mol. The largest absolute Gasteiger partial charge is 0.373 e. The average molecular weight is 339 g/mol. The number of morpholine rings is 1. The Balaban J connectivity index is 1.68. The monoisotopic (exact) mass is 339 g/mol. The van der Waals surface area contributed by atoms with Crippen molar-refractivity contribution in [1.82, 2.24) is 19.9 Å². The number of aryl methyl sites for hydroxylation is 1. The van der Waals surface area contributed by atoms with E-state index in [1.807, 2.05) is 12.1 Å². The van der Waals surface area contributed by atoms with Gasteiger partial charge >= 0.3 is 0 Å². The maximum absolute atomic E-state index is 5.94. The van der Waals surface area contributed by atoms with E-state index in [4.69, 9.17) is 14.7 Å². The van der Waals surface area contributed by atoms with Crippen LogP contribution in [0.4, 0.5) is 5.82 Å². The molecule has 132 valence electrons. The molecule has 2 aromatic heterocycles. The van der Waals surface area contributed by atoms with Gasteiger partial charge in [0, 0.05) is 48.8 Å². The van der Waals surface area contributed by atoms with Crippen LogP contribution in [-0.4, -0.2) is 66.3 Å². The third-order valence-electron chi connectivity index (χ3n) is 4.86. The molecule has 6 nitrogen and oxygen atoms in total. The van der Waals surface area contributed by atoms with E-state index in [0.717, 1.165) is 56.3 Å². The zero-order chi connectivity index (χ0) is 17.2. The Morgan fingerprint density at radius 3 is 2.84 bits per heavy atom. The van der Waals surface area contributed by atoms with Crippen molar-refractivity contribution in [2.24, 2.45) is 0 Å². The van der Waals surface area contributed by atoms with Crippen LogP contribution in [0.3, 0.4) is 0 Å². The summed E-state index contributed by atoms with van der Waals surface area (Å²) in [6, 6.07) is 3.96. The fraction of sp³-hybridized carbons (Fsp3) is 0.526. The molecule has 1 atom stereocenters. The van der Waals surface area contributed by atoms with Crippen molar-refractivity contribution >= 4 is 5.82 Å². The highest BCUT2D eigenvalue weighted by Crippen LogP contribution is 2.32. The lowest BCUT2D eigenvalue weighted by Gasteiger charge is -2.35. The summed E-state index contributed by atoms with van der Waals surface area (Å²) < 4.78 is 5.94. The lowest BCUT2D eigenvalue weighted by atomic mass is 10.1. The molecule has 25 heavy (non-hydrogen) atoms. The Bertz CT molecular complexity index is 734. The summed E-state index contributed by atoms with van der Waals surface area (Å²) in [5.74, 6) is 1.93. The molecule has 1 aliphatic carbocycles. The second-order valence-corrected chi connectivity index (χ2v) is 7.09. The van der Waals surface area contributed by atoms with Gasteiger partial charge in [-0.1, -0.05) is 0 Å². The Morgan fingerprint density at radius 2 is 2.04 bits per heavy atom. The van der Waals surface area contributed by atoms with Gasteiger partial charge in [-0.25, -0.2) is 9.97 Å². The smallest absolute Gasteiger partial charge is 0.161 e. The number of hydrogen-bond acceptors (Lipinski definition) is 6. The molecule has 1 saturated heterocycles. The summed E-state index contributed by atoms with van der Waals surface area (Å²) in [7, 11) is 4.18. The fourth-order valence-corrected chi connectivity index (χ4v) is 3.73. The van der Waals surface area contributed by atoms with Gasteiger partial charge in [-0.15, -0.1) is 0 Å². The maximum atomic E-state index is 5.94. The number of ether oxygens (including phenoxy) is 1. The van der Waals surface area contributed by atoms with Gasteiger partial charge in [0.2, 0.25) is 0 Å². The minimum atomic E-state index is 0.222. The van der Waals surface area contributed by atoms with E-state index in [2.05, 4.69) is 28.9 Å². The number of aromatic nitrogens is 3. The van der Waals surface area contributed by atoms with Crippen LogP contribution in [0.5, 0.6) is 0 Å². The highest BCUT2D eigenvalue weighted by atomic mass is 16.5. The molecule has 3 heterocycles. The van der Waals surface area contributed by atoms with Crippen molar-refractivity contribution in [3.63, 3.8) is 0 Å². The van der Waals surface area contributed by atoms with Crippen molar-refractivity contribution < 1.29 is 4.74 Å². The normalized spacial score (nSPS) is 20.1. The van der Waals surface area contributed by atoms with E-state index < -0.39 is 0 Å². The van der Waals surface area contributed by atoms with Crippen LogP contribution >= 0.6 is 0 Å². The van der Waals surface area contributed by atoms with Crippen molar-refractivity contribution in [1.29, 1.82) is 0 Å². The number of hydrogen-bond donors (Lipinski definition) is 0. The molecule has 0 spiro atoms. The van der Waals surface area contributed by atoms with Crippen LogP contribution in [0, 0.1) is 0 Å². The molecular formula is C19H25N5O. The molecule has 0 radical (unpaired) electrons. The minimum Gasteiger partial charge on any atom is -0.373 e. The average Bonchev–Trinajstić information content (AvgIpc) is 3.10. The lowest BCUT2D eigenvalue weighted by molar-refractivity contribution is 0.0245. The van der Waals surface area contributed by atoms with Gasteiger partial charge in [0.1, 0.15) is 5.82 Å². The zero-order valence-corrected chi connectivity index (χ0v) is 15.0. The van der Waals surface area contributed by atoms with E-state index >= 15 is 0 Å². The topological polar surface area (TPSA) is 54.4 Å². The highest BCUT2D eigenvalue weighted by Gasteiger charge is 2.27. The van der Waals surface area contributed by atoms with Gasteiger partial charge in [-0.3, -0.25) is 4.98 Å². The van der Waals surface area contributed by atoms with Gasteiger partial charge in [0.15, 0.2) is 5.82 Å². The number of likely N-dealkylation sites (N-methyl/N-ethyl adjacent to an activating group) is 1. The van der Waals surface area contributed by atoms with Gasteiger partial charge in [0.05, 0.1) is 12.7 Å². The quantitative estimate of drug-likeness (QED) is 0.847. The van der Waals surface area contributed by atoms with E-state index in [1.54, 1.807) is 12.4 Å². The number of anilines is 1. The second-order valence-electron chi connectivity index (χ2n) is 7.09. The summed E-state index contributed by atoms with van der Waals surface area (Å²) in [4.78, 5) is 18.5. The molecule has 0 bridgehead atoms. The Morgan fingerprint density at radius 1 is 1.20 bits per heavy atom. The molecule has 0 unspecified atom stereocenters. The molecule has 0 amide bonds. The first-order chi connectivity index (χ1) is 12.2. The summed E-state index contributed by atoms with van der Waals surface area (Å²) in [6.07, 6.45) is 7.12. The first-order valence-corrected chi connectivity index (χ1v) is 9.02. The highest BCUT2D eigenvalue weighted by molar-refractivity contribution is 5.61. The van der Waals surface area contributed by atoms with E-state index in [-0.39, 0.29) is 6.10 Å². The molecule has 1 fully saturated rings. The molecule has 6 heteroatoms. The summed E-state index contributed by atoms with van der Waals surface area (Å²) in [5.41, 5.74) is 3.58. The van der Waals surface area contributed by atoms with Crippen molar-refractivity contribution in [3.05, 3.63) is 35.8 Å². The minimum absolute atomic E-state index is 0.222. The number of pyridine rings is 1. The van der Waals surface area contributed by atoms with Crippen molar-refractivity contribution in [2.75, 3.05) is 45.2 Å². The van der Waals surface area contributed by atoms with Gasteiger partial charge in [0.25, 0.3) is 0 Å². The van der Waals surface area contributed by atoms with E-state index in [0.29, 0.717) is 0 Å². The fourth-order valence-electron chi connectivity index (χ4n) is 3.73. The lowest BCUT2D eigenvalue weighted by Crippen LogP contribution is -2.47. The summed E-state index contributed by atoms with van der Waals surface area (Å²) in [5, 5.41) is 0. The van der Waals surface area contributed by atoms with E-state index in [1.165, 1.54) is 17.7 Å². The molecule has 0 N–H and O–H groups in total. The molecule has 0 saturated carbocycles.